The molecule has 0 amide bonds. The number of hydrogen-bond donors (Lipinski definition) is 2. The normalized spacial score (nSPS) is 23.5. The van der Waals surface area contributed by atoms with E-state index in [1.54, 1.807) is 0 Å². The number of nitrogens with zero attached hydrogens (tertiary/aromatic N) is 1. The van der Waals surface area contributed by atoms with Gasteiger partial charge in [-0.2, -0.15) is 0 Å². The standard InChI is InChI=1S/C9H21N3/c1-2-9(8-10)12-7-5-3-4-6-11-12/h9,11H,2-8,10H2,1H3. The number of rotatable bonds is 3. The van der Waals surface area contributed by atoms with Crippen LogP contribution in [0.5, 0.6) is 0 Å². The molecule has 3 heteroatoms. The van der Waals surface area contributed by atoms with Crippen molar-refractivity contribution >= 4 is 0 Å². The molecule has 0 radical (unpaired) electrons. The summed E-state index contributed by atoms with van der Waals surface area (Å²) in [6, 6.07) is 0.531. The Morgan fingerprint density at radius 2 is 2.25 bits per heavy atom. The van der Waals surface area contributed by atoms with Crippen molar-refractivity contribution in [3.8, 4) is 0 Å². The maximum Gasteiger partial charge on any atom is 0.0363 e. The van der Waals surface area contributed by atoms with Crippen LogP contribution in [0.1, 0.15) is 32.6 Å². The van der Waals surface area contributed by atoms with E-state index in [4.69, 9.17) is 5.73 Å². The molecule has 12 heavy (non-hydrogen) atoms. The van der Waals surface area contributed by atoms with Crippen molar-refractivity contribution in [1.29, 1.82) is 0 Å². The molecule has 3 N–H and O–H groups in total. The molecule has 0 aromatic rings. The SMILES string of the molecule is CCC(CN)N1CCCCCN1. The first-order chi connectivity index (χ1) is 5.88. The lowest BCUT2D eigenvalue weighted by Gasteiger charge is -2.28. The molecule has 0 aromatic carbocycles. The fraction of sp³-hybridized carbons (Fsp3) is 1.00. The number of hydrazine groups is 1. The van der Waals surface area contributed by atoms with Crippen molar-refractivity contribution in [3.05, 3.63) is 0 Å². The molecule has 0 spiro atoms. The highest BCUT2D eigenvalue weighted by molar-refractivity contribution is 4.70. The van der Waals surface area contributed by atoms with E-state index in [-0.39, 0.29) is 0 Å². The van der Waals surface area contributed by atoms with Crippen molar-refractivity contribution in [2.45, 2.75) is 38.6 Å². The lowest BCUT2D eigenvalue weighted by atomic mass is 10.2. The first-order valence-corrected chi connectivity index (χ1v) is 5.08. The van der Waals surface area contributed by atoms with Crippen LogP contribution in [0.4, 0.5) is 0 Å². The molecule has 72 valence electrons. The second-order valence-electron chi connectivity index (χ2n) is 3.46. The monoisotopic (exact) mass is 171 g/mol. The molecule has 1 heterocycles. The van der Waals surface area contributed by atoms with Crippen LogP contribution >= 0.6 is 0 Å². The Bertz CT molecular complexity index is 104. The van der Waals surface area contributed by atoms with Gasteiger partial charge >= 0.3 is 0 Å². The van der Waals surface area contributed by atoms with Gasteiger partial charge in [0.15, 0.2) is 0 Å². The van der Waals surface area contributed by atoms with Gasteiger partial charge in [0, 0.05) is 25.7 Å². The van der Waals surface area contributed by atoms with Crippen molar-refractivity contribution in [2.24, 2.45) is 5.73 Å². The minimum Gasteiger partial charge on any atom is -0.329 e. The third-order valence-corrected chi connectivity index (χ3v) is 2.57. The Balaban J connectivity index is 2.35. The van der Waals surface area contributed by atoms with Crippen molar-refractivity contribution in [2.75, 3.05) is 19.6 Å². The van der Waals surface area contributed by atoms with E-state index in [0.717, 1.165) is 26.1 Å². The van der Waals surface area contributed by atoms with Crippen LogP contribution < -0.4 is 11.2 Å². The minimum atomic E-state index is 0.531. The van der Waals surface area contributed by atoms with Gasteiger partial charge in [0.1, 0.15) is 0 Å². The van der Waals surface area contributed by atoms with E-state index < -0.39 is 0 Å². The van der Waals surface area contributed by atoms with Gasteiger partial charge in [-0.25, -0.2) is 5.01 Å². The number of nitrogens with one attached hydrogen (secondary N) is 1. The second kappa shape index (κ2) is 5.51. The van der Waals surface area contributed by atoms with Gasteiger partial charge in [0.25, 0.3) is 0 Å². The van der Waals surface area contributed by atoms with Gasteiger partial charge in [-0.3, -0.25) is 5.43 Å². The Labute approximate surface area is 75.3 Å². The number of nitrogens with two attached hydrogens (primary N) is 1. The molecule has 0 aromatic heterocycles. The maximum atomic E-state index is 5.68. The molecule has 1 unspecified atom stereocenters. The molecule has 1 saturated heterocycles. The van der Waals surface area contributed by atoms with Crippen LogP contribution in [-0.2, 0) is 0 Å². The van der Waals surface area contributed by atoms with Crippen LogP contribution in [0.2, 0.25) is 0 Å². The zero-order valence-electron chi connectivity index (χ0n) is 8.05. The summed E-state index contributed by atoms with van der Waals surface area (Å²) in [4.78, 5) is 0. The van der Waals surface area contributed by atoms with Gasteiger partial charge in [0.2, 0.25) is 0 Å². The van der Waals surface area contributed by atoms with Crippen molar-refractivity contribution in [1.82, 2.24) is 10.4 Å². The minimum absolute atomic E-state index is 0.531. The summed E-state index contributed by atoms with van der Waals surface area (Å²) < 4.78 is 0. The molecule has 1 rings (SSSR count). The van der Waals surface area contributed by atoms with Crippen molar-refractivity contribution in [3.63, 3.8) is 0 Å². The van der Waals surface area contributed by atoms with Gasteiger partial charge in [-0.1, -0.05) is 13.3 Å². The van der Waals surface area contributed by atoms with E-state index in [2.05, 4.69) is 17.4 Å². The lowest BCUT2D eigenvalue weighted by Crippen LogP contribution is -2.48. The average molecular weight is 171 g/mol. The average Bonchev–Trinajstić information content (AvgIpc) is 2.35. The largest absolute Gasteiger partial charge is 0.329 e. The van der Waals surface area contributed by atoms with Gasteiger partial charge < -0.3 is 5.73 Å². The van der Waals surface area contributed by atoms with Gasteiger partial charge in [-0.05, 0) is 19.3 Å². The Morgan fingerprint density at radius 3 is 2.92 bits per heavy atom. The molecular formula is C9H21N3. The highest BCUT2D eigenvalue weighted by Crippen LogP contribution is 2.07. The first kappa shape index (κ1) is 9.96. The molecule has 0 saturated carbocycles. The second-order valence-corrected chi connectivity index (χ2v) is 3.46. The lowest BCUT2D eigenvalue weighted by molar-refractivity contribution is 0.134. The zero-order chi connectivity index (χ0) is 8.81. The third kappa shape index (κ3) is 2.73. The summed E-state index contributed by atoms with van der Waals surface area (Å²) in [5.41, 5.74) is 9.12. The van der Waals surface area contributed by atoms with E-state index in [0.29, 0.717) is 6.04 Å². The zero-order valence-corrected chi connectivity index (χ0v) is 8.05. The highest BCUT2D eigenvalue weighted by Gasteiger charge is 2.15. The van der Waals surface area contributed by atoms with E-state index in [1.807, 2.05) is 0 Å². The molecule has 1 aliphatic rings. The third-order valence-electron chi connectivity index (χ3n) is 2.57. The molecule has 1 aliphatic heterocycles. The smallest absolute Gasteiger partial charge is 0.0363 e. The molecule has 0 bridgehead atoms. The van der Waals surface area contributed by atoms with Crippen LogP contribution in [-0.4, -0.2) is 30.7 Å². The van der Waals surface area contributed by atoms with E-state index in [1.165, 1.54) is 19.3 Å². The summed E-state index contributed by atoms with van der Waals surface area (Å²) in [5.74, 6) is 0. The Hall–Kier alpha value is -0.120. The quantitative estimate of drug-likeness (QED) is 0.657. The summed E-state index contributed by atoms with van der Waals surface area (Å²) >= 11 is 0. The summed E-state index contributed by atoms with van der Waals surface area (Å²) in [7, 11) is 0. The van der Waals surface area contributed by atoms with Crippen LogP contribution in [0.3, 0.4) is 0 Å². The van der Waals surface area contributed by atoms with Gasteiger partial charge in [-0.15, -0.1) is 0 Å². The van der Waals surface area contributed by atoms with E-state index >= 15 is 0 Å². The Kier molecular flexibility index (Phi) is 4.58. The Morgan fingerprint density at radius 1 is 1.42 bits per heavy atom. The fourth-order valence-electron chi connectivity index (χ4n) is 1.71. The fourth-order valence-corrected chi connectivity index (χ4v) is 1.71. The maximum absolute atomic E-state index is 5.68. The topological polar surface area (TPSA) is 41.3 Å². The van der Waals surface area contributed by atoms with Gasteiger partial charge in [0.05, 0.1) is 0 Å². The van der Waals surface area contributed by atoms with Crippen LogP contribution in [0.15, 0.2) is 0 Å². The van der Waals surface area contributed by atoms with Crippen LogP contribution in [0.25, 0.3) is 0 Å². The summed E-state index contributed by atoms with van der Waals surface area (Å²) in [6.07, 6.45) is 5.11. The predicted octanol–water partition coefficient (Wildman–Crippen LogP) is 0.714. The molecule has 0 aliphatic carbocycles. The van der Waals surface area contributed by atoms with Crippen LogP contribution in [0, 0.1) is 0 Å². The molecule has 1 fully saturated rings. The number of hydrogen-bond acceptors (Lipinski definition) is 3. The molecule has 3 nitrogen and oxygen atoms in total. The van der Waals surface area contributed by atoms with Crippen molar-refractivity contribution < 1.29 is 0 Å². The summed E-state index contributed by atoms with van der Waals surface area (Å²) in [6.45, 7) is 5.25. The predicted molar refractivity (Wildman–Crippen MR) is 51.7 cm³/mol. The molecular weight excluding hydrogens is 150 g/mol. The van der Waals surface area contributed by atoms with E-state index in [9.17, 15) is 0 Å². The molecule has 1 atom stereocenters. The first-order valence-electron chi connectivity index (χ1n) is 5.08. The summed E-state index contributed by atoms with van der Waals surface area (Å²) in [5, 5.41) is 2.33. The highest BCUT2D eigenvalue weighted by atomic mass is 15.5.